The lowest BCUT2D eigenvalue weighted by atomic mass is 10.2. The molecule has 7 heteroatoms. The van der Waals surface area contributed by atoms with Crippen molar-refractivity contribution in [2.45, 2.75) is 13.2 Å². The molecule has 0 saturated heterocycles. The SMILES string of the molecule is COc1ccc(CNC(=O)c2cc(OCc3ccccc3)ncn2)c(OC)c1. The second kappa shape index (κ2) is 9.36. The fraction of sp³-hybridized carbons (Fsp3) is 0.190. The summed E-state index contributed by atoms with van der Waals surface area (Å²) in [5.74, 6) is 1.33. The zero-order valence-corrected chi connectivity index (χ0v) is 15.7. The van der Waals surface area contributed by atoms with E-state index >= 15 is 0 Å². The third-order valence-corrected chi connectivity index (χ3v) is 4.04. The van der Waals surface area contributed by atoms with Crippen LogP contribution < -0.4 is 19.5 Å². The molecule has 3 rings (SSSR count). The van der Waals surface area contributed by atoms with Gasteiger partial charge in [0.05, 0.1) is 14.2 Å². The van der Waals surface area contributed by atoms with E-state index in [2.05, 4.69) is 15.3 Å². The fourth-order valence-electron chi connectivity index (χ4n) is 2.54. The second-order valence-corrected chi connectivity index (χ2v) is 5.88. The van der Waals surface area contributed by atoms with Crippen LogP contribution in [0.1, 0.15) is 21.6 Å². The van der Waals surface area contributed by atoms with Crippen molar-refractivity contribution in [1.29, 1.82) is 0 Å². The summed E-state index contributed by atoms with van der Waals surface area (Å²) in [6, 6.07) is 16.7. The van der Waals surface area contributed by atoms with Gasteiger partial charge in [-0.25, -0.2) is 9.97 Å². The average molecular weight is 379 g/mol. The second-order valence-electron chi connectivity index (χ2n) is 5.88. The van der Waals surface area contributed by atoms with Gasteiger partial charge in [-0.3, -0.25) is 4.79 Å². The fourth-order valence-corrected chi connectivity index (χ4v) is 2.54. The van der Waals surface area contributed by atoms with Gasteiger partial charge in [0.1, 0.15) is 30.1 Å². The van der Waals surface area contributed by atoms with Crippen LogP contribution in [-0.2, 0) is 13.2 Å². The Morgan fingerprint density at radius 3 is 2.57 bits per heavy atom. The van der Waals surface area contributed by atoms with E-state index in [1.54, 1.807) is 20.3 Å². The van der Waals surface area contributed by atoms with Crippen LogP contribution in [0.5, 0.6) is 17.4 Å². The van der Waals surface area contributed by atoms with Crippen LogP contribution in [0, 0.1) is 0 Å². The van der Waals surface area contributed by atoms with Crippen LogP contribution in [0.15, 0.2) is 60.9 Å². The van der Waals surface area contributed by atoms with Crippen molar-refractivity contribution < 1.29 is 19.0 Å². The van der Waals surface area contributed by atoms with E-state index in [0.717, 1.165) is 11.1 Å². The Hall–Kier alpha value is -3.61. The van der Waals surface area contributed by atoms with E-state index in [1.807, 2.05) is 42.5 Å². The number of ether oxygens (including phenoxy) is 3. The Labute approximate surface area is 163 Å². The highest BCUT2D eigenvalue weighted by Crippen LogP contribution is 2.24. The summed E-state index contributed by atoms with van der Waals surface area (Å²) in [5, 5.41) is 2.82. The molecule has 0 unspecified atom stereocenters. The number of nitrogens with zero attached hydrogens (tertiary/aromatic N) is 2. The summed E-state index contributed by atoms with van der Waals surface area (Å²) in [5.41, 5.74) is 2.07. The number of hydrogen-bond acceptors (Lipinski definition) is 6. The van der Waals surface area contributed by atoms with Crippen LogP contribution in [0.2, 0.25) is 0 Å². The molecule has 2 aromatic carbocycles. The molecule has 0 fully saturated rings. The minimum absolute atomic E-state index is 0.227. The molecule has 0 spiro atoms. The summed E-state index contributed by atoms with van der Waals surface area (Å²) >= 11 is 0. The van der Waals surface area contributed by atoms with E-state index in [1.165, 1.54) is 12.4 Å². The first-order valence-corrected chi connectivity index (χ1v) is 8.67. The third kappa shape index (κ3) is 4.97. The van der Waals surface area contributed by atoms with Gasteiger partial charge in [0.15, 0.2) is 0 Å². The number of methoxy groups -OCH3 is 2. The van der Waals surface area contributed by atoms with Gasteiger partial charge in [-0.2, -0.15) is 0 Å². The first kappa shape index (κ1) is 19.2. The predicted octanol–water partition coefficient (Wildman–Crippen LogP) is 3.00. The van der Waals surface area contributed by atoms with Gasteiger partial charge in [-0.05, 0) is 17.7 Å². The van der Waals surface area contributed by atoms with Crippen molar-refractivity contribution in [3.05, 3.63) is 77.7 Å². The van der Waals surface area contributed by atoms with Crippen molar-refractivity contribution in [2.75, 3.05) is 14.2 Å². The van der Waals surface area contributed by atoms with Gasteiger partial charge in [0.25, 0.3) is 5.91 Å². The molecule has 1 aromatic heterocycles. The van der Waals surface area contributed by atoms with E-state index < -0.39 is 0 Å². The van der Waals surface area contributed by atoms with Crippen molar-refractivity contribution >= 4 is 5.91 Å². The molecular weight excluding hydrogens is 358 g/mol. The molecule has 0 bridgehead atoms. The molecular formula is C21H21N3O4. The molecule has 0 aliphatic heterocycles. The lowest BCUT2D eigenvalue weighted by Gasteiger charge is -2.11. The minimum atomic E-state index is -0.329. The number of carbonyl (C=O) groups excluding carboxylic acids is 1. The summed E-state index contributed by atoms with van der Waals surface area (Å²) < 4.78 is 16.2. The van der Waals surface area contributed by atoms with Crippen LogP contribution in [-0.4, -0.2) is 30.1 Å². The highest BCUT2D eigenvalue weighted by Gasteiger charge is 2.11. The van der Waals surface area contributed by atoms with Crippen molar-refractivity contribution in [3.8, 4) is 17.4 Å². The normalized spacial score (nSPS) is 10.2. The van der Waals surface area contributed by atoms with E-state index in [-0.39, 0.29) is 18.1 Å². The van der Waals surface area contributed by atoms with Crippen LogP contribution in [0.4, 0.5) is 0 Å². The third-order valence-electron chi connectivity index (χ3n) is 4.04. The van der Waals surface area contributed by atoms with E-state index in [0.29, 0.717) is 24.0 Å². The molecule has 0 aliphatic rings. The lowest BCUT2D eigenvalue weighted by molar-refractivity contribution is 0.0944. The summed E-state index contributed by atoms with van der Waals surface area (Å²) in [7, 11) is 3.16. The first-order valence-electron chi connectivity index (χ1n) is 8.67. The van der Waals surface area contributed by atoms with Gasteiger partial charge in [-0.1, -0.05) is 30.3 Å². The monoisotopic (exact) mass is 379 g/mol. The Morgan fingerprint density at radius 2 is 1.82 bits per heavy atom. The minimum Gasteiger partial charge on any atom is -0.497 e. The highest BCUT2D eigenvalue weighted by atomic mass is 16.5. The van der Waals surface area contributed by atoms with Crippen LogP contribution >= 0.6 is 0 Å². The number of carbonyl (C=O) groups is 1. The topological polar surface area (TPSA) is 82.6 Å². The van der Waals surface area contributed by atoms with E-state index in [9.17, 15) is 4.79 Å². The van der Waals surface area contributed by atoms with Crippen LogP contribution in [0.25, 0.3) is 0 Å². The maximum Gasteiger partial charge on any atom is 0.270 e. The van der Waals surface area contributed by atoms with Crippen molar-refractivity contribution in [3.63, 3.8) is 0 Å². The Kier molecular flexibility index (Phi) is 6.41. The quantitative estimate of drug-likeness (QED) is 0.648. The number of amides is 1. The van der Waals surface area contributed by atoms with Gasteiger partial charge in [0, 0.05) is 24.2 Å². The largest absolute Gasteiger partial charge is 0.497 e. The Bertz CT molecular complexity index is 932. The maximum atomic E-state index is 12.4. The zero-order valence-electron chi connectivity index (χ0n) is 15.7. The summed E-state index contributed by atoms with van der Waals surface area (Å²) in [6.45, 7) is 0.651. The van der Waals surface area contributed by atoms with Gasteiger partial charge in [0.2, 0.25) is 5.88 Å². The van der Waals surface area contributed by atoms with E-state index in [4.69, 9.17) is 14.2 Å². The number of nitrogens with one attached hydrogen (secondary N) is 1. The molecule has 1 amide bonds. The molecule has 0 aliphatic carbocycles. The molecule has 0 saturated carbocycles. The number of benzene rings is 2. The maximum absolute atomic E-state index is 12.4. The molecule has 0 atom stereocenters. The smallest absolute Gasteiger partial charge is 0.270 e. The predicted molar refractivity (Wildman–Crippen MR) is 104 cm³/mol. The van der Waals surface area contributed by atoms with Crippen molar-refractivity contribution in [1.82, 2.24) is 15.3 Å². The Morgan fingerprint density at radius 1 is 1.00 bits per heavy atom. The van der Waals surface area contributed by atoms with Gasteiger partial charge in [-0.15, -0.1) is 0 Å². The summed E-state index contributed by atoms with van der Waals surface area (Å²) in [4.78, 5) is 20.5. The molecule has 28 heavy (non-hydrogen) atoms. The zero-order chi connectivity index (χ0) is 19.8. The van der Waals surface area contributed by atoms with Gasteiger partial charge < -0.3 is 19.5 Å². The number of rotatable bonds is 8. The summed E-state index contributed by atoms with van der Waals surface area (Å²) in [6.07, 6.45) is 1.31. The Balaban J connectivity index is 1.62. The average Bonchev–Trinajstić information content (AvgIpc) is 2.76. The lowest BCUT2D eigenvalue weighted by Crippen LogP contribution is -2.24. The molecule has 0 radical (unpaired) electrons. The molecule has 1 N–H and O–H groups in total. The molecule has 7 nitrogen and oxygen atoms in total. The highest BCUT2D eigenvalue weighted by molar-refractivity contribution is 5.92. The van der Waals surface area contributed by atoms with Crippen LogP contribution in [0.3, 0.4) is 0 Å². The number of hydrogen-bond donors (Lipinski definition) is 1. The standard InChI is InChI=1S/C21H21N3O4/c1-26-17-9-8-16(19(10-17)27-2)12-22-21(25)18-11-20(24-14-23-18)28-13-15-6-4-3-5-7-15/h3-11,14H,12-13H2,1-2H3,(H,22,25). The molecule has 3 aromatic rings. The van der Waals surface area contributed by atoms with Crippen molar-refractivity contribution in [2.24, 2.45) is 0 Å². The molecule has 1 heterocycles. The first-order chi connectivity index (χ1) is 13.7. The number of aromatic nitrogens is 2. The van der Waals surface area contributed by atoms with Gasteiger partial charge >= 0.3 is 0 Å². The molecule has 144 valence electrons.